The minimum absolute atomic E-state index is 1.06. The summed E-state index contributed by atoms with van der Waals surface area (Å²) in [6.07, 6.45) is 1.97. The maximum atomic E-state index is 4.68. The third-order valence-corrected chi connectivity index (χ3v) is 12.7. The molecule has 0 unspecified atom stereocenters. The summed E-state index contributed by atoms with van der Waals surface area (Å²) in [5.41, 5.74) is 4.69. The average Bonchev–Trinajstić information content (AvgIpc) is 2.75. The van der Waals surface area contributed by atoms with E-state index in [1.54, 1.807) is 0 Å². The third kappa shape index (κ3) is 3.74. The Morgan fingerprint density at radius 1 is 0.556 bits per heavy atom. The van der Waals surface area contributed by atoms with Crippen molar-refractivity contribution in [3.8, 4) is 22.4 Å². The second-order valence-electron chi connectivity index (χ2n) is 7.37. The Bertz CT molecular complexity index is 1040. The number of rotatable bonds is 4. The Hall–Kier alpha value is -2.65. The van der Waals surface area contributed by atoms with Crippen molar-refractivity contribution in [2.45, 2.75) is 11.5 Å². The predicted octanol–water partition coefficient (Wildman–Crippen LogP) is 5.24. The molecule has 1 heterocycles. The van der Waals surface area contributed by atoms with E-state index in [4.69, 9.17) is 0 Å². The third-order valence-electron chi connectivity index (χ3n) is 5.24. The molecule has 0 N–H and O–H groups in total. The summed E-state index contributed by atoms with van der Waals surface area (Å²) < 4.78 is 2.95. The van der Waals surface area contributed by atoms with E-state index in [9.17, 15) is 0 Å². The number of aromatic nitrogens is 1. The summed E-state index contributed by atoms with van der Waals surface area (Å²) in [5, 5.41) is 0. The van der Waals surface area contributed by atoms with E-state index < -0.39 is 13.3 Å². The molecule has 0 radical (unpaired) electrons. The van der Waals surface area contributed by atoms with Crippen LogP contribution in [0.25, 0.3) is 22.4 Å². The van der Waals surface area contributed by atoms with E-state index in [-0.39, 0.29) is 0 Å². The van der Waals surface area contributed by atoms with Crippen molar-refractivity contribution in [2.24, 2.45) is 0 Å². The maximum absolute atomic E-state index is 4.68. The van der Waals surface area contributed by atoms with Crippen LogP contribution in [0.15, 0.2) is 103 Å². The molecule has 0 saturated carbocycles. The van der Waals surface area contributed by atoms with Gasteiger partial charge in [0.15, 0.2) is 0 Å². The molecular weight excluding hydrogens is 387 g/mol. The van der Waals surface area contributed by atoms with Gasteiger partial charge in [-0.2, -0.15) is 0 Å². The molecule has 0 aliphatic rings. The first-order valence-corrected chi connectivity index (χ1v) is 15.6. The summed E-state index contributed by atoms with van der Waals surface area (Å²) in [6.45, 7) is 0. The molecule has 0 atom stereocenters. The van der Waals surface area contributed by atoms with E-state index in [0.29, 0.717) is 0 Å². The molecule has 3 aromatic carbocycles. The van der Waals surface area contributed by atoms with Gasteiger partial charge in [0.1, 0.15) is 0 Å². The number of pyridine rings is 1. The van der Waals surface area contributed by atoms with E-state index in [1.807, 2.05) is 6.20 Å². The van der Waals surface area contributed by atoms with Crippen molar-refractivity contribution < 1.29 is 0 Å². The van der Waals surface area contributed by atoms with Crippen LogP contribution in [0, 0.1) is 0 Å². The molecule has 0 aliphatic heterocycles. The second-order valence-corrected chi connectivity index (χ2v) is 16.6. The quantitative estimate of drug-likeness (QED) is 0.420. The van der Waals surface area contributed by atoms with Crippen molar-refractivity contribution in [3.05, 3.63) is 103 Å². The van der Waals surface area contributed by atoms with Crippen molar-refractivity contribution >= 4 is 22.1 Å². The van der Waals surface area contributed by atoms with Gasteiger partial charge in [0.2, 0.25) is 0 Å². The topological polar surface area (TPSA) is 12.9 Å². The van der Waals surface area contributed by atoms with Crippen LogP contribution in [0.4, 0.5) is 0 Å². The Morgan fingerprint density at radius 3 is 1.93 bits per heavy atom. The first-order valence-electron chi connectivity index (χ1n) is 9.32. The monoisotopic (exact) mass is 411 g/mol. The van der Waals surface area contributed by atoms with Crippen LogP contribution >= 0.6 is 0 Å². The van der Waals surface area contributed by atoms with Crippen LogP contribution < -0.4 is 8.79 Å². The molecular formula is C25H23GeN. The number of hydrogen-bond acceptors (Lipinski definition) is 1. The summed E-state index contributed by atoms with van der Waals surface area (Å²) in [7, 11) is 0. The summed E-state index contributed by atoms with van der Waals surface area (Å²) >= 11 is -2.32. The molecule has 4 rings (SSSR count). The van der Waals surface area contributed by atoms with E-state index >= 15 is 0 Å². The standard InChI is InChI=1S/C25H23GeN/c1-26(2,23-14-7-4-8-15-23)24-16-17-27-25(19-24)22-13-9-12-21(18-22)20-10-5-3-6-11-20/h3-19H,1-2H3. The summed E-state index contributed by atoms with van der Waals surface area (Å²) in [6, 6.07) is 34.6. The van der Waals surface area contributed by atoms with Gasteiger partial charge in [-0.15, -0.1) is 0 Å². The van der Waals surface area contributed by atoms with Gasteiger partial charge in [0.25, 0.3) is 0 Å². The Labute approximate surface area is 164 Å². The van der Waals surface area contributed by atoms with Crippen LogP contribution in [0.5, 0.6) is 0 Å². The zero-order chi connectivity index (χ0) is 18.7. The fraction of sp³-hybridized carbons (Fsp3) is 0.0800. The number of benzene rings is 3. The fourth-order valence-electron chi connectivity index (χ4n) is 3.49. The minimum atomic E-state index is -2.32. The van der Waals surface area contributed by atoms with Gasteiger partial charge < -0.3 is 0 Å². The zero-order valence-corrected chi connectivity index (χ0v) is 17.9. The molecule has 4 aromatic rings. The van der Waals surface area contributed by atoms with Gasteiger partial charge in [-0.05, 0) is 0 Å². The first kappa shape index (κ1) is 17.8. The van der Waals surface area contributed by atoms with Crippen LogP contribution in [0.3, 0.4) is 0 Å². The summed E-state index contributed by atoms with van der Waals surface area (Å²) in [5.74, 6) is 4.91. The van der Waals surface area contributed by atoms with Crippen molar-refractivity contribution in [2.75, 3.05) is 0 Å². The molecule has 0 aliphatic carbocycles. The van der Waals surface area contributed by atoms with E-state index in [0.717, 1.165) is 5.69 Å². The molecule has 2 heteroatoms. The van der Waals surface area contributed by atoms with E-state index in [2.05, 4.69) is 114 Å². The summed E-state index contributed by atoms with van der Waals surface area (Å²) in [4.78, 5) is 4.68. The molecule has 0 fully saturated rings. The SMILES string of the molecule is [CH3][Ge]([CH3])([c]1ccccc1)[c]1ccnc(-c2cccc(-c3ccccc3)c2)c1. The van der Waals surface area contributed by atoms with Crippen LogP contribution in [-0.2, 0) is 0 Å². The van der Waals surface area contributed by atoms with Gasteiger partial charge in [0.05, 0.1) is 0 Å². The molecule has 27 heavy (non-hydrogen) atoms. The van der Waals surface area contributed by atoms with Gasteiger partial charge in [-0.1, -0.05) is 0 Å². The van der Waals surface area contributed by atoms with Gasteiger partial charge in [-0.3, -0.25) is 0 Å². The molecule has 1 aromatic heterocycles. The van der Waals surface area contributed by atoms with E-state index in [1.165, 1.54) is 25.5 Å². The Balaban J connectivity index is 1.74. The van der Waals surface area contributed by atoms with Crippen LogP contribution in [-0.4, -0.2) is 18.3 Å². The van der Waals surface area contributed by atoms with Gasteiger partial charge in [-0.25, -0.2) is 0 Å². The number of hydrogen-bond donors (Lipinski definition) is 0. The zero-order valence-electron chi connectivity index (χ0n) is 15.8. The Morgan fingerprint density at radius 2 is 1.19 bits per heavy atom. The molecule has 0 amide bonds. The van der Waals surface area contributed by atoms with Gasteiger partial charge in [0, 0.05) is 0 Å². The average molecular weight is 410 g/mol. The first-order chi connectivity index (χ1) is 13.1. The Kier molecular flexibility index (Phi) is 4.95. The van der Waals surface area contributed by atoms with Crippen LogP contribution in [0.2, 0.25) is 11.5 Å². The second kappa shape index (κ2) is 7.53. The van der Waals surface area contributed by atoms with Crippen molar-refractivity contribution in [1.29, 1.82) is 0 Å². The number of nitrogens with zero attached hydrogens (tertiary/aromatic N) is 1. The predicted molar refractivity (Wildman–Crippen MR) is 118 cm³/mol. The van der Waals surface area contributed by atoms with Crippen molar-refractivity contribution in [3.63, 3.8) is 0 Å². The molecule has 0 saturated heterocycles. The molecule has 0 bridgehead atoms. The normalized spacial score (nSPS) is 11.3. The fourth-order valence-corrected chi connectivity index (χ4v) is 8.41. The van der Waals surface area contributed by atoms with Gasteiger partial charge >= 0.3 is 164 Å². The van der Waals surface area contributed by atoms with Crippen molar-refractivity contribution in [1.82, 2.24) is 4.98 Å². The molecule has 132 valence electrons. The van der Waals surface area contributed by atoms with Crippen LogP contribution in [0.1, 0.15) is 0 Å². The molecule has 0 spiro atoms. The molecule has 1 nitrogen and oxygen atoms in total.